The highest BCUT2D eigenvalue weighted by Crippen LogP contribution is 2.28. The van der Waals surface area contributed by atoms with Crippen LogP contribution in [0.2, 0.25) is 0 Å². The zero-order valence-corrected chi connectivity index (χ0v) is 16.4. The van der Waals surface area contributed by atoms with E-state index in [1.807, 2.05) is 24.3 Å². The van der Waals surface area contributed by atoms with Gasteiger partial charge in [-0.05, 0) is 30.2 Å². The van der Waals surface area contributed by atoms with Gasteiger partial charge in [-0.1, -0.05) is 18.2 Å². The van der Waals surface area contributed by atoms with E-state index in [2.05, 4.69) is 10.3 Å². The van der Waals surface area contributed by atoms with E-state index in [0.717, 1.165) is 5.52 Å². The van der Waals surface area contributed by atoms with Gasteiger partial charge in [0, 0.05) is 19.0 Å². The summed E-state index contributed by atoms with van der Waals surface area (Å²) in [5, 5.41) is 11.9. The standard InChI is InChI=1S/C21H21F3N2O5/c22-21(23,24)13-30-18-11-15(7-5-14(18)6-8-20(27)28)29-10-9-25-12-19-26-16-3-1-2-4-17(16)31-19/h1-5,7,11,25H,6,8-10,12-13H2,(H,27,28). The first-order valence-corrected chi connectivity index (χ1v) is 9.52. The smallest absolute Gasteiger partial charge is 0.422 e. The maximum atomic E-state index is 12.5. The number of rotatable bonds is 11. The van der Waals surface area contributed by atoms with Gasteiger partial charge in [-0.15, -0.1) is 0 Å². The molecule has 10 heteroatoms. The molecule has 0 saturated carbocycles. The van der Waals surface area contributed by atoms with Gasteiger partial charge in [-0.2, -0.15) is 13.2 Å². The number of hydrogen-bond donors (Lipinski definition) is 2. The van der Waals surface area contributed by atoms with Crippen LogP contribution in [0.1, 0.15) is 17.9 Å². The number of fused-ring (bicyclic) bond motifs is 1. The summed E-state index contributed by atoms with van der Waals surface area (Å²) >= 11 is 0. The number of carbonyl (C=O) groups is 1. The van der Waals surface area contributed by atoms with E-state index in [0.29, 0.717) is 35.9 Å². The second kappa shape index (κ2) is 10.2. The molecule has 0 radical (unpaired) electrons. The Kier molecular flexibility index (Phi) is 7.35. The van der Waals surface area contributed by atoms with Crippen molar-refractivity contribution in [1.29, 1.82) is 0 Å². The maximum Gasteiger partial charge on any atom is 0.422 e. The predicted molar refractivity (Wildman–Crippen MR) is 105 cm³/mol. The number of aromatic nitrogens is 1. The highest BCUT2D eigenvalue weighted by atomic mass is 19.4. The first-order valence-electron chi connectivity index (χ1n) is 9.52. The lowest BCUT2D eigenvalue weighted by atomic mass is 10.1. The number of para-hydroxylation sites is 2. The van der Waals surface area contributed by atoms with Gasteiger partial charge in [0.05, 0.1) is 6.54 Å². The highest BCUT2D eigenvalue weighted by molar-refractivity contribution is 5.72. The zero-order valence-electron chi connectivity index (χ0n) is 16.4. The Hall–Kier alpha value is -3.27. The minimum absolute atomic E-state index is 0.0458. The van der Waals surface area contributed by atoms with Gasteiger partial charge in [-0.3, -0.25) is 4.79 Å². The Balaban J connectivity index is 1.51. The number of nitrogens with zero attached hydrogens (tertiary/aromatic N) is 1. The van der Waals surface area contributed by atoms with E-state index in [1.165, 1.54) is 12.1 Å². The fourth-order valence-corrected chi connectivity index (χ4v) is 2.80. The van der Waals surface area contributed by atoms with Crippen molar-refractivity contribution >= 4 is 17.1 Å². The molecule has 166 valence electrons. The van der Waals surface area contributed by atoms with E-state index in [4.69, 9.17) is 19.0 Å². The van der Waals surface area contributed by atoms with E-state index < -0.39 is 18.8 Å². The largest absolute Gasteiger partial charge is 0.492 e. The zero-order chi connectivity index (χ0) is 22.3. The van der Waals surface area contributed by atoms with Gasteiger partial charge >= 0.3 is 12.1 Å². The van der Waals surface area contributed by atoms with Gasteiger partial charge in [0.15, 0.2) is 12.2 Å². The van der Waals surface area contributed by atoms with Gasteiger partial charge in [0.2, 0.25) is 5.89 Å². The summed E-state index contributed by atoms with van der Waals surface area (Å²) in [7, 11) is 0. The molecule has 0 bridgehead atoms. The van der Waals surface area contributed by atoms with Crippen LogP contribution in [0, 0.1) is 0 Å². The van der Waals surface area contributed by atoms with Crippen LogP contribution in [0.15, 0.2) is 46.9 Å². The summed E-state index contributed by atoms with van der Waals surface area (Å²) < 4.78 is 53.5. The number of benzene rings is 2. The second-order valence-corrected chi connectivity index (χ2v) is 6.67. The SMILES string of the molecule is O=C(O)CCc1ccc(OCCNCc2nc3ccccc3o2)cc1OCC(F)(F)F. The van der Waals surface area contributed by atoms with Crippen molar-refractivity contribution in [3.8, 4) is 11.5 Å². The third-order valence-corrected chi connectivity index (χ3v) is 4.20. The number of carboxylic acids is 1. The summed E-state index contributed by atoms with van der Waals surface area (Å²) in [5.41, 5.74) is 1.84. The Morgan fingerprint density at radius 3 is 2.71 bits per heavy atom. The van der Waals surface area contributed by atoms with Crippen molar-refractivity contribution in [2.45, 2.75) is 25.6 Å². The number of ether oxygens (including phenoxy) is 2. The molecule has 0 fully saturated rings. The first kappa shape index (κ1) is 22.4. The monoisotopic (exact) mass is 438 g/mol. The molecule has 0 aliphatic carbocycles. The molecule has 0 spiro atoms. The van der Waals surface area contributed by atoms with Crippen molar-refractivity contribution in [2.75, 3.05) is 19.8 Å². The number of oxazole rings is 1. The van der Waals surface area contributed by atoms with Crippen LogP contribution >= 0.6 is 0 Å². The molecule has 31 heavy (non-hydrogen) atoms. The van der Waals surface area contributed by atoms with Crippen LogP contribution in [-0.4, -0.2) is 42.0 Å². The molecule has 0 unspecified atom stereocenters. The minimum Gasteiger partial charge on any atom is -0.492 e. The second-order valence-electron chi connectivity index (χ2n) is 6.67. The van der Waals surface area contributed by atoms with E-state index >= 15 is 0 Å². The minimum atomic E-state index is -4.50. The molecule has 2 N–H and O–H groups in total. The predicted octanol–water partition coefficient (Wildman–Crippen LogP) is 3.95. The maximum absolute atomic E-state index is 12.5. The van der Waals surface area contributed by atoms with Crippen molar-refractivity contribution in [3.05, 3.63) is 53.9 Å². The molecular weight excluding hydrogens is 417 g/mol. The number of halogens is 3. The molecule has 0 atom stereocenters. The number of aliphatic carboxylic acids is 1. The number of aryl methyl sites for hydroxylation is 1. The van der Waals surface area contributed by atoms with E-state index in [-0.39, 0.29) is 25.2 Å². The van der Waals surface area contributed by atoms with Crippen molar-refractivity contribution in [2.24, 2.45) is 0 Å². The number of carboxylic acid groups (broad SMARTS) is 1. The first-order chi connectivity index (χ1) is 14.8. The molecule has 0 amide bonds. The Labute approximate surface area is 175 Å². The van der Waals surface area contributed by atoms with Crippen LogP contribution in [0.3, 0.4) is 0 Å². The van der Waals surface area contributed by atoms with Crippen LogP contribution in [0.5, 0.6) is 11.5 Å². The molecule has 7 nitrogen and oxygen atoms in total. The van der Waals surface area contributed by atoms with Crippen molar-refractivity contribution in [1.82, 2.24) is 10.3 Å². The summed E-state index contributed by atoms with van der Waals surface area (Å²) in [6, 6.07) is 11.8. The molecule has 2 aromatic carbocycles. The average Bonchev–Trinajstić information content (AvgIpc) is 3.13. The van der Waals surface area contributed by atoms with Crippen LogP contribution in [-0.2, 0) is 17.8 Å². The quantitative estimate of drug-likeness (QED) is 0.438. The summed E-state index contributed by atoms with van der Waals surface area (Å²) in [5.74, 6) is -0.241. The average molecular weight is 438 g/mol. The van der Waals surface area contributed by atoms with Crippen LogP contribution in [0.25, 0.3) is 11.1 Å². The molecule has 3 rings (SSSR count). The van der Waals surface area contributed by atoms with Gasteiger partial charge in [-0.25, -0.2) is 4.98 Å². The Morgan fingerprint density at radius 2 is 1.97 bits per heavy atom. The Morgan fingerprint density at radius 1 is 1.16 bits per heavy atom. The summed E-state index contributed by atoms with van der Waals surface area (Å²) in [6.07, 6.45) is -4.67. The summed E-state index contributed by atoms with van der Waals surface area (Å²) in [6.45, 7) is -0.389. The lowest BCUT2D eigenvalue weighted by molar-refractivity contribution is -0.153. The fourth-order valence-electron chi connectivity index (χ4n) is 2.80. The number of alkyl halides is 3. The van der Waals surface area contributed by atoms with Gasteiger partial charge in [0.25, 0.3) is 0 Å². The summed E-state index contributed by atoms with van der Waals surface area (Å²) in [4.78, 5) is 15.1. The third-order valence-electron chi connectivity index (χ3n) is 4.20. The fraction of sp³-hybridized carbons (Fsp3) is 0.333. The molecule has 0 aliphatic heterocycles. The highest BCUT2D eigenvalue weighted by Gasteiger charge is 2.29. The van der Waals surface area contributed by atoms with Crippen molar-refractivity contribution in [3.63, 3.8) is 0 Å². The molecule has 0 aliphatic rings. The number of nitrogens with one attached hydrogen (secondary N) is 1. The van der Waals surface area contributed by atoms with Crippen LogP contribution < -0.4 is 14.8 Å². The topological polar surface area (TPSA) is 93.8 Å². The lowest BCUT2D eigenvalue weighted by Gasteiger charge is -2.15. The van der Waals surface area contributed by atoms with E-state index in [1.54, 1.807) is 6.07 Å². The Bertz CT molecular complexity index is 987. The van der Waals surface area contributed by atoms with E-state index in [9.17, 15) is 18.0 Å². The molecular formula is C21H21F3N2O5. The molecule has 1 aromatic heterocycles. The van der Waals surface area contributed by atoms with Crippen molar-refractivity contribution < 1.29 is 37.0 Å². The molecule has 1 heterocycles. The molecule has 0 saturated heterocycles. The normalized spacial score (nSPS) is 11.6. The number of hydrogen-bond acceptors (Lipinski definition) is 6. The molecule has 3 aromatic rings. The van der Waals surface area contributed by atoms with Gasteiger partial charge < -0.3 is 24.3 Å². The van der Waals surface area contributed by atoms with Crippen LogP contribution in [0.4, 0.5) is 13.2 Å². The third kappa shape index (κ3) is 7.18. The lowest BCUT2D eigenvalue weighted by Crippen LogP contribution is -2.21. The van der Waals surface area contributed by atoms with Gasteiger partial charge in [0.1, 0.15) is 23.6 Å².